The summed E-state index contributed by atoms with van der Waals surface area (Å²) < 4.78 is 102. The first-order valence-electron chi connectivity index (χ1n) is 21.2. The second kappa shape index (κ2) is 17.3. The van der Waals surface area contributed by atoms with Crippen molar-refractivity contribution in [3.8, 4) is 0 Å². The summed E-state index contributed by atoms with van der Waals surface area (Å²) in [4.78, 5) is 45.1. The Bertz CT molecular complexity index is 2310. The van der Waals surface area contributed by atoms with Crippen molar-refractivity contribution in [1.82, 2.24) is 9.96 Å². The molecule has 3 saturated heterocycles. The Morgan fingerprint density at radius 3 is 2.31 bits per heavy atom. The minimum atomic E-state index is -4.33. The lowest BCUT2D eigenvalue weighted by atomic mass is 9.76. The number of nitrogens with zero attached hydrogens (tertiary/aromatic N) is 3. The van der Waals surface area contributed by atoms with Crippen molar-refractivity contribution in [1.29, 1.82) is 0 Å². The zero-order chi connectivity index (χ0) is 44.0. The van der Waals surface area contributed by atoms with Gasteiger partial charge in [-0.1, -0.05) is 45.8 Å². The van der Waals surface area contributed by atoms with Crippen molar-refractivity contribution in [2.75, 3.05) is 30.3 Å². The summed E-state index contributed by atoms with van der Waals surface area (Å²) in [7, 11) is -4.33. The van der Waals surface area contributed by atoms with Crippen LogP contribution in [0.3, 0.4) is 0 Å². The van der Waals surface area contributed by atoms with Crippen LogP contribution < -0.4 is 4.90 Å². The number of unbranched alkanes of at least 4 members (excludes halogenated alkanes) is 3. The molecule has 3 fully saturated rings. The second-order valence-corrected chi connectivity index (χ2v) is 19.5. The van der Waals surface area contributed by atoms with E-state index in [2.05, 4.69) is 31.7 Å². The number of benzene rings is 1. The second-order valence-electron chi connectivity index (χ2n) is 17.9. The first-order valence-corrected chi connectivity index (χ1v) is 22.8. The fourth-order valence-corrected chi connectivity index (χ4v) is 10.1. The number of rotatable bonds is 14. The Labute approximate surface area is 354 Å². The first kappa shape index (κ1) is 44.5. The molecule has 11 nitrogen and oxygen atoms in total. The molecule has 1 N–H and O–H groups in total. The van der Waals surface area contributed by atoms with E-state index in [1.54, 1.807) is 19.1 Å². The molecular weight excluding hydrogens is 819 g/mol. The van der Waals surface area contributed by atoms with Crippen LogP contribution in [0.5, 0.6) is 0 Å². The Hall–Kier alpha value is -4.54. The van der Waals surface area contributed by atoms with Gasteiger partial charge in [-0.2, -0.15) is 8.42 Å². The molecule has 7 rings (SSSR count). The summed E-state index contributed by atoms with van der Waals surface area (Å²) in [6, 6.07) is 0.203. The summed E-state index contributed by atoms with van der Waals surface area (Å²) >= 11 is 0. The van der Waals surface area contributed by atoms with Gasteiger partial charge in [0, 0.05) is 53.5 Å². The number of anilines is 1. The van der Waals surface area contributed by atoms with Crippen LogP contribution in [0, 0.1) is 28.7 Å². The normalized spacial score (nSPS) is 23.8. The third-order valence-electron chi connectivity index (χ3n) is 12.5. The van der Waals surface area contributed by atoms with Crippen molar-refractivity contribution in [2.24, 2.45) is 5.41 Å². The molecule has 5 aliphatic heterocycles. The van der Waals surface area contributed by atoms with Gasteiger partial charge < -0.3 is 14.5 Å². The Balaban J connectivity index is 1.24. The number of carbonyl (C=O) groups excluding carboxylic acids is 3. The van der Waals surface area contributed by atoms with Crippen LogP contribution in [0.1, 0.15) is 117 Å². The molecule has 2 unspecified atom stereocenters. The van der Waals surface area contributed by atoms with E-state index in [1.165, 1.54) is 16.0 Å². The summed E-state index contributed by atoms with van der Waals surface area (Å²) in [5.74, 6) is -8.03. The lowest BCUT2D eigenvalue weighted by Crippen LogP contribution is -2.47. The van der Waals surface area contributed by atoms with Crippen LogP contribution in [-0.4, -0.2) is 72.1 Å². The molecule has 330 valence electrons. The SMILES string of the molecule is CC(C)(C)C1=CC(/C=C/C=C2\N(CCCCCC(=O)ON3C(=O)CCC3=O)c3c(F)c(F)c(F)c(F)c3C2(C)CCCCS(=O)(=O)O)=C2C=C3CCCN4CCCC(=C2O1)C34. The van der Waals surface area contributed by atoms with Gasteiger partial charge in [-0.15, -0.1) is 5.06 Å². The van der Waals surface area contributed by atoms with Gasteiger partial charge in [0.15, 0.2) is 23.3 Å². The number of hydroxylamine groups is 2. The van der Waals surface area contributed by atoms with Gasteiger partial charge in [0.1, 0.15) is 11.5 Å². The highest BCUT2D eigenvalue weighted by Crippen LogP contribution is 2.54. The number of hydrogen-bond donors (Lipinski definition) is 1. The molecule has 1 aromatic carbocycles. The maximum Gasteiger partial charge on any atom is 0.333 e. The molecule has 0 saturated carbocycles. The van der Waals surface area contributed by atoms with Gasteiger partial charge in [0.25, 0.3) is 21.9 Å². The quantitative estimate of drug-likeness (QED) is 0.0484. The van der Waals surface area contributed by atoms with Crippen molar-refractivity contribution >= 4 is 33.6 Å². The number of halogens is 4. The highest BCUT2D eigenvalue weighted by atomic mass is 32.2. The number of imide groups is 1. The third-order valence-corrected chi connectivity index (χ3v) is 13.3. The highest BCUT2D eigenvalue weighted by Gasteiger charge is 2.49. The summed E-state index contributed by atoms with van der Waals surface area (Å²) in [6.07, 6.45) is 14.1. The minimum absolute atomic E-state index is 0.0109. The monoisotopic (exact) mass is 871 g/mol. The third kappa shape index (κ3) is 8.90. The van der Waals surface area contributed by atoms with E-state index in [0.29, 0.717) is 17.2 Å². The molecule has 0 bridgehead atoms. The first-order chi connectivity index (χ1) is 28.8. The fourth-order valence-electron chi connectivity index (χ4n) is 9.50. The van der Waals surface area contributed by atoms with Crippen molar-refractivity contribution in [3.05, 3.63) is 98.7 Å². The molecule has 6 aliphatic rings. The molecule has 61 heavy (non-hydrogen) atoms. The molecule has 0 radical (unpaired) electrons. The number of carbonyl (C=O) groups is 3. The van der Waals surface area contributed by atoms with E-state index in [4.69, 9.17) is 9.57 Å². The Morgan fingerprint density at radius 2 is 1.62 bits per heavy atom. The van der Waals surface area contributed by atoms with Gasteiger partial charge in [0.05, 0.1) is 17.5 Å². The van der Waals surface area contributed by atoms with Gasteiger partial charge in [-0.25, -0.2) is 22.4 Å². The summed E-state index contributed by atoms with van der Waals surface area (Å²) in [5, 5.41) is 0.464. The fraction of sp³-hybridized carbons (Fsp3) is 0.533. The van der Waals surface area contributed by atoms with Crippen LogP contribution in [0.4, 0.5) is 23.2 Å². The highest BCUT2D eigenvalue weighted by molar-refractivity contribution is 7.85. The number of hydrogen-bond acceptors (Lipinski definition) is 9. The Morgan fingerprint density at radius 1 is 0.934 bits per heavy atom. The van der Waals surface area contributed by atoms with E-state index < -0.39 is 73.6 Å². The number of allylic oxidation sites excluding steroid dienone is 8. The smallest absolute Gasteiger partial charge is 0.333 e. The predicted octanol–water partition coefficient (Wildman–Crippen LogP) is 8.70. The largest absolute Gasteiger partial charge is 0.460 e. The average Bonchev–Trinajstić information content (AvgIpc) is 3.64. The van der Waals surface area contributed by atoms with Crippen molar-refractivity contribution < 1.29 is 54.5 Å². The number of ether oxygens (including phenoxy) is 1. The molecular formula is C45H53F4N3O8S. The van der Waals surface area contributed by atoms with Gasteiger partial charge >= 0.3 is 5.97 Å². The molecule has 0 aromatic heterocycles. The van der Waals surface area contributed by atoms with Crippen LogP contribution in [0.2, 0.25) is 0 Å². The van der Waals surface area contributed by atoms with Crippen molar-refractivity contribution in [2.45, 2.75) is 123 Å². The van der Waals surface area contributed by atoms with Crippen LogP contribution in [0.25, 0.3) is 0 Å². The van der Waals surface area contributed by atoms with Gasteiger partial charge in [0.2, 0.25) is 0 Å². The van der Waals surface area contributed by atoms with Crippen LogP contribution in [-0.2, 0) is 39.5 Å². The number of fused-ring (bicyclic) bond motifs is 2. The lowest BCUT2D eigenvalue weighted by molar-refractivity contribution is -0.197. The minimum Gasteiger partial charge on any atom is -0.460 e. The zero-order valence-electron chi connectivity index (χ0n) is 35.1. The van der Waals surface area contributed by atoms with E-state index in [-0.39, 0.29) is 69.4 Å². The molecule has 1 aromatic rings. The summed E-state index contributed by atoms with van der Waals surface area (Å²) in [6.45, 7) is 9.82. The average molecular weight is 872 g/mol. The van der Waals surface area contributed by atoms with Gasteiger partial charge in [-0.05, 0) is 106 Å². The summed E-state index contributed by atoms with van der Waals surface area (Å²) in [5.41, 5.74) is 1.97. The predicted molar refractivity (Wildman–Crippen MR) is 219 cm³/mol. The molecule has 16 heteroatoms. The molecule has 0 spiro atoms. The maximum absolute atomic E-state index is 16.1. The topological polar surface area (TPSA) is 134 Å². The van der Waals surface area contributed by atoms with Crippen LogP contribution >= 0.6 is 0 Å². The van der Waals surface area contributed by atoms with E-state index in [0.717, 1.165) is 61.4 Å². The maximum atomic E-state index is 16.1. The zero-order valence-corrected chi connectivity index (χ0v) is 35.9. The molecule has 5 heterocycles. The molecule has 1 aliphatic carbocycles. The van der Waals surface area contributed by atoms with Crippen molar-refractivity contribution in [3.63, 3.8) is 0 Å². The Kier molecular flexibility index (Phi) is 12.6. The van der Waals surface area contributed by atoms with Crippen LogP contribution in [0.15, 0.2) is 69.9 Å². The van der Waals surface area contributed by atoms with E-state index in [9.17, 15) is 27.4 Å². The number of amides is 2. The molecule has 2 atom stereocenters. The van der Waals surface area contributed by atoms with E-state index in [1.807, 2.05) is 12.2 Å². The standard InChI is InChI=1S/C45H53F4N3O8S/c1-44(2,3)32-26-27(30-25-28-14-11-21-50-22-12-15-29(41(28)50)43(30)59-32)13-10-16-31-45(4,20-7-9-24-61(56,57)58)36-37(46)38(47)39(48)40(49)42(36)51(31)23-8-5-6-17-35(55)60-52-33(53)18-19-34(52)54/h10,13,16,25-26,41H,5-9,11-12,14-15,17-24H2,1-4H3,(H,56,57,58)/b13-10+,31-16-. The molecule has 2 amide bonds. The lowest BCUT2D eigenvalue weighted by Gasteiger charge is -2.46. The van der Waals surface area contributed by atoms with E-state index >= 15 is 17.6 Å². The number of piperidine rings is 2. The van der Waals surface area contributed by atoms with Gasteiger partial charge in [-0.3, -0.25) is 19.0 Å².